The van der Waals surface area contributed by atoms with Crippen LogP contribution in [0, 0.1) is 5.41 Å². The van der Waals surface area contributed by atoms with Gasteiger partial charge >= 0.3 is 0 Å². The highest BCUT2D eigenvalue weighted by Crippen LogP contribution is 2.31. The normalized spacial score (nSPS) is 22.1. The Morgan fingerprint density at radius 2 is 1.58 bits per heavy atom. The number of rotatable bonds is 6. The van der Waals surface area contributed by atoms with Gasteiger partial charge in [-0.15, -0.1) is 0 Å². The van der Waals surface area contributed by atoms with Crippen molar-refractivity contribution in [3.05, 3.63) is 70.3 Å². The molecule has 3 aliphatic rings. The van der Waals surface area contributed by atoms with Gasteiger partial charge in [0.15, 0.2) is 0 Å². The molecule has 3 aliphatic heterocycles. The van der Waals surface area contributed by atoms with E-state index in [1.54, 1.807) is 12.1 Å². The first kappa shape index (κ1) is 24.4. The molecular formula is C29H33N3O4. The molecule has 0 spiro atoms. The van der Waals surface area contributed by atoms with Crippen molar-refractivity contribution >= 4 is 23.6 Å². The fourth-order valence-corrected chi connectivity index (χ4v) is 5.46. The third kappa shape index (κ3) is 4.85. The molecule has 0 aromatic heterocycles. The van der Waals surface area contributed by atoms with E-state index >= 15 is 0 Å². The summed E-state index contributed by atoms with van der Waals surface area (Å²) in [7, 11) is 0. The molecule has 188 valence electrons. The number of carbonyl (C=O) groups excluding carboxylic acids is 4. The number of amides is 4. The number of nitrogens with one attached hydrogen (secondary N) is 1. The zero-order valence-electron chi connectivity index (χ0n) is 21.0. The van der Waals surface area contributed by atoms with Crippen molar-refractivity contribution in [2.24, 2.45) is 5.41 Å². The van der Waals surface area contributed by atoms with E-state index in [9.17, 15) is 19.2 Å². The Balaban J connectivity index is 1.24. The molecule has 2 aromatic rings. The Hall–Kier alpha value is -3.32. The highest BCUT2D eigenvalue weighted by Gasteiger charge is 2.45. The van der Waals surface area contributed by atoms with Crippen LogP contribution in [0.25, 0.3) is 0 Å². The maximum Gasteiger partial charge on any atom is 0.262 e. The summed E-state index contributed by atoms with van der Waals surface area (Å²) in [5, 5.41) is 2.24. The summed E-state index contributed by atoms with van der Waals surface area (Å²) in [6, 6.07) is 13.0. The summed E-state index contributed by atoms with van der Waals surface area (Å²) in [6.07, 6.45) is 4.10. The van der Waals surface area contributed by atoms with Crippen molar-refractivity contribution in [1.29, 1.82) is 0 Å². The van der Waals surface area contributed by atoms with Crippen molar-refractivity contribution < 1.29 is 19.2 Å². The maximum atomic E-state index is 13.3. The monoisotopic (exact) mass is 487 g/mol. The summed E-state index contributed by atoms with van der Waals surface area (Å²) in [5.74, 6) is -1.87. The first-order valence-electron chi connectivity index (χ1n) is 12.9. The molecule has 2 fully saturated rings. The Labute approximate surface area is 211 Å². The number of carbonyl (C=O) groups is 4. The minimum Gasteiger partial charge on any atom is -0.299 e. The van der Waals surface area contributed by atoms with E-state index in [-0.39, 0.29) is 18.7 Å². The molecule has 2 saturated heterocycles. The summed E-state index contributed by atoms with van der Waals surface area (Å²) in [6.45, 7) is 7.93. The fourth-order valence-electron chi connectivity index (χ4n) is 5.46. The number of nitrogens with zero attached hydrogens (tertiary/aromatic N) is 2. The number of likely N-dealkylation sites (tertiary alicyclic amines) is 1. The molecule has 1 unspecified atom stereocenters. The van der Waals surface area contributed by atoms with Crippen LogP contribution in [0.1, 0.15) is 76.9 Å². The third-order valence-corrected chi connectivity index (χ3v) is 7.88. The third-order valence-electron chi connectivity index (χ3n) is 7.88. The number of aryl methyl sites for hydroxylation is 2. The van der Waals surface area contributed by atoms with Gasteiger partial charge in [-0.3, -0.25) is 34.3 Å². The molecule has 5 rings (SSSR count). The number of benzene rings is 2. The Morgan fingerprint density at radius 1 is 0.889 bits per heavy atom. The molecule has 7 nitrogen and oxygen atoms in total. The second-order valence-corrected chi connectivity index (χ2v) is 11.0. The number of fused-ring (bicyclic) bond motifs is 1. The van der Waals surface area contributed by atoms with Gasteiger partial charge in [0.25, 0.3) is 11.8 Å². The van der Waals surface area contributed by atoms with Crippen LogP contribution in [0.3, 0.4) is 0 Å². The second kappa shape index (κ2) is 9.62. The van der Waals surface area contributed by atoms with E-state index in [2.05, 4.69) is 48.3 Å². The van der Waals surface area contributed by atoms with E-state index < -0.39 is 23.8 Å². The zero-order valence-corrected chi connectivity index (χ0v) is 21.0. The minimum atomic E-state index is -0.943. The summed E-state index contributed by atoms with van der Waals surface area (Å²) in [5.41, 5.74) is 4.46. The zero-order chi connectivity index (χ0) is 25.4. The van der Waals surface area contributed by atoms with E-state index in [0.29, 0.717) is 23.0 Å². The van der Waals surface area contributed by atoms with Gasteiger partial charge in [0.1, 0.15) is 6.04 Å². The van der Waals surface area contributed by atoms with Gasteiger partial charge in [-0.05, 0) is 73.4 Å². The number of piperidine rings is 2. The Morgan fingerprint density at radius 3 is 2.28 bits per heavy atom. The standard InChI is InChI=1S/C29H33N3O4/c1-29(2)14-16-31(17-15-29)18-20-8-6-19(7-9-20)10-11-21-4-3-5-22-25(21)28(36)32(27(22)35)23-12-13-24(33)30-26(23)34/h3-9,23H,10-18H2,1-2H3,(H,30,33,34). The first-order valence-corrected chi connectivity index (χ1v) is 12.9. The Bertz CT molecular complexity index is 1210. The SMILES string of the molecule is CC1(C)CCN(Cc2ccc(CCc3cccc4c3C(=O)N(C3CCC(=O)NC3=O)C4=O)cc2)CC1. The molecule has 4 amide bonds. The van der Waals surface area contributed by atoms with E-state index in [1.807, 2.05) is 6.07 Å². The van der Waals surface area contributed by atoms with Crippen molar-refractivity contribution in [3.63, 3.8) is 0 Å². The summed E-state index contributed by atoms with van der Waals surface area (Å²) in [4.78, 5) is 53.7. The van der Waals surface area contributed by atoms with Crippen LogP contribution in [-0.4, -0.2) is 52.6 Å². The smallest absolute Gasteiger partial charge is 0.262 e. The molecule has 7 heteroatoms. The lowest BCUT2D eigenvalue weighted by molar-refractivity contribution is -0.136. The van der Waals surface area contributed by atoms with Crippen molar-refractivity contribution in [3.8, 4) is 0 Å². The summed E-state index contributed by atoms with van der Waals surface area (Å²) >= 11 is 0. The topological polar surface area (TPSA) is 86.8 Å². The van der Waals surface area contributed by atoms with Crippen LogP contribution in [0.5, 0.6) is 0 Å². The quantitative estimate of drug-likeness (QED) is 0.631. The predicted octanol–water partition coefficient (Wildman–Crippen LogP) is 3.50. The maximum absolute atomic E-state index is 13.3. The van der Waals surface area contributed by atoms with E-state index in [4.69, 9.17) is 0 Å². The second-order valence-electron chi connectivity index (χ2n) is 11.0. The average molecular weight is 488 g/mol. The van der Waals surface area contributed by atoms with Crippen LogP contribution in [0.15, 0.2) is 42.5 Å². The van der Waals surface area contributed by atoms with Gasteiger partial charge in [0.05, 0.1) is 11.1 Å². The number of hydrogen-bond donors (Lipinski definition) is 1. The Kier molecular flexibility index (Phi) is 6.51. The number of imide groups is 2. The average Bonchev–Trinajstić information content (AvgIpc) is 3.10. The lowest BCUT2D eigenvalue weighted by Crippen LogP contribution is -2.54. The molecule has 3 heterocycles. The van der Waals surface area contributed by atoms with Gasteiger partial charge in [-0.1, -0.05) is 50.2 Å². The van der Waals surface area contributed by atoms with Crippen molar-refractivity contribution in [2.45, 2.75) is 65.0 Å². The highest BCUT2D eigenvalue weighted by atomic mass is 16.2. The van der Waals surface area contributed by atoms with E-state index in [1.165, 1.54) is 24.0 Å². The molecule has 36 heavy (non-hydrogen) atoms. The lowest BCUT2D eigenvalue weighted by atomic mass is 9.82. The predicted molar refractivity (Wildman–Crippen MR) is 135 cm³/mol. The molecule has 2 aromatic carbocycles. The van der Waals surface area contributed by atoms with Crippen LogP contribution < -0.4 is 5.32 Å². The largest absolute Gasteiger partial charge is 0.299 e. The molecule has 1 atom stereocenters. The molecule has 0 aliphatic carbocycles. The molecule has 0 radical (unpaired) electrons. The molecular weight excluding hydrogens is 454 g/mol. The molecule has 1 N–H and O–H groups in total. The fraction of sp³-hybridized carbons (Fsp3) is 0.448. The van der Waals surface area contributed by atoms with Crippen LogP contribution in [0.4, 0.5) is 0 Å². The van der Waals surface area contributed by atoms with Gasteiger partial charge in [-0.2, -0.15) is 0 Å². The molecule has 0 saturated carbocycles. The first-order chi connectivity index (χ1) is 17.2. The number of hydrogen-bond acceptors (Lipinski definition) is 5. The minimum absolute atomic E-state index is 0.114. The van der Waals surface area contributed by atoms with Gasteiger partial charge in [0, 0.05) is 13.0 Å². The molecule has 0 bridgehead atoms. The van der Waals surface area contributed by atoms with E-state index in [0.717, 1.165) is 36.5 Å². The van der Waals surface area contributed by atoms with Crippen LogP contribution in [-0.2, 0) is 29.0 Å². The van der Waals surface area contributed by atoms with Crippen molar-refractivity contribution in [1.82, 2.24) is 15.1 Å². The summed E-state index contributed by atoms with van der Waals surface area (Å²) < 4.78 is 0. The van der Waals surface area contributed by atoms with Crippen LogP contribution >= 0.6 is 0 Å². The highest BCUT2D eigenvalue weighted by molar-refractivity contribution is 6.24. The lowest BCUT2D eigenvalue weighted by Gasteiger charge is -2.36. The van der Waals surface area contributed by atoms with Gasteiger partial charge in [-0.25, -0.2) is 0 Å². The van der Waals surface area contributed by atoms with Gasteiger partial charge in [0.2, 0.25) is 11.8 Å². The van der Waals surface area contributed by atoms with Crippen LogP contribution in [0.2, 0.25) is 0 Å². The van der Waals surface area contributed by atoms with Gasteiger partial charge < -0.3 is 0 Å². The van der Waals surface area contributed by atoms with Crippen molar-refractivity contribution in [2.75, 3.05) is 13.1 Å².